The van der Waals surface area contributed by atoms with Crippen molar-refractivity contribution in [2.45, 2.75) is 25.3 Å². The van der Waals surface area contributed by atoms with Gasteiger partial charge in [-0.1, -0.05) is 24.3 Å². The van der Waals surface area contributed by atoms with Gasteiger partial charge in [0.15, 0.2) is 0 Å². The van der Waals surface area contributed by atoms with Crippen molar-refractivity contribution in [3.63, 3.8) is 0 Å². The second-order valence-corrected chi connectivity index (χ2v) is 7.92. The number of rotatable bonds is 5. The number of carbonyl (C=O) groups excluding carboxylic acids is 1. The van der Waals surface area contributed by atoms with Gasteiger partial charge in [-0.15, -0.1) is 0 Å². The highest BCUT2D eigenvalue weighted by molar-refractivity contribution is 5.86. The molecule has 0 radical (unpaired) electrons. The second kappa shape index (κ2) is 9.64. The van der Waals surface area contributed by atoms with Crippen molar-refractivity contribution in [1.29, 1.82) is 5.26 Å². The quantitative estimate of drug-likeness (QED) is 0.751. The smallest absolute Gasteiger partial charge is 0.243 e. The number of nitrogens with one attached hydrogen (secondary N) is 2. The predicted molar refractivity (Wildman–Crippen MR) is 121 cm³/mol. The first-order chi connectivity index (χ1) is 14.8. The van der Waals surface area contributed by atoms with E-state index in [0.717, 1.165) is 63.2 Å². The maximum Gasteiger partial charge on any atom is 0.243 e. The Morgan fingerprint density at radius 2 is 1.73 bits per heavy atom. The molecule has 2 heterocycles. The lowest BCUT2D eigenvalue weighted by Gasteiger charge is -2.36. The van der Waals surface area contributed by atoms with E-state index in [1.165, 1.54) is 11.3 Å². The van der Waals surface area contributed by atoms with Crippen LogP contribution in [0.4, 0.5) is 11.4 Å². The lowest BCUT2D eigenvalue weighted by molar-refractivity contribution is -0.122. The van der Waals surface area contributed by atoms with Gasteiger partial charge in [0.2, 0.25) is 5.91 Å². The van der Waals surface area contributed by atoms with E-state index in [0.29, 0.717) is 0 Å². The summed E-state index contributed by atoms with van der Waals surface area (Å²) in [5.74, 6) is -0.0534. The Hall–Kier alpha value is -3.04. The number of piperazine rings is 1. The highest BCUT2D eigenvalue weighted by atomic mass is 16.2. The van der Waals surface area contributed by atoms with Gasteiger partial charge in [0.05, 0.1) is 6.07 Å². The molecule has 4 rings (SSSR count). The zero-order valence-electron chi connectivity index (χ0n) is 17.3. The third-order valence-electron chi connectivity index (χ3n) is 5.99. The molecule has 0 aromatic heterocycles. The van der Waals surface area contributed by atoms with Crippen LogP contribution >= 0.6 is 0 Å². The molecule has 6 heteroatoms. The van der Waals surface area contributed by atoms with Crippen LogP contribution in [0.5, 0.6) is 0 Å². The van der Waals surface area contributed by atoms with Crippen LogP contribution in [0.25, 0.3) is 11.1 Å². The molecular formula is C24H29N5O. The largest absolute Gasteiger partial charge is 0.369 e. The fraction of sp³-hybridized carbons (Fsp3) is 0.417. The molecular weight excluding hydrogens is 374 g/mol. The van der Waals surface area contributed by atoms with E-state index in [2.05, 4.69) is 69.0 Å². The van der Waals surface area contributed by atoms with Gasteiger partial charge in [-0.05, 0) is 54.7 Å². The molecule has 0 spiro atoms. The Morgan fingerprint density at radius 1 is 1.03 bits per heavy atom. The van der Waals surface area contributed by atoms with Crippen molar-refractivity contribution in [2.24, 2.45) is 0 Å². The molecule has 2 aliphatic heterocycles. The molecule has 2 fully saturated rings. The van der Waals surface area contributed by atoms with Crippen molar-refractivity contribution in [1.82, 2.24) is 10.6 Å². The second-order valence-electron chi connectivity index (χ2n) is 7.92. The summed E-state index contributed by atoms with van der Waals surface area (Å²) in [5, 5.41) is 14.9. The highest BCUT2D eigenvalue weighted by Gasteiger charge is 2.28. The Bertz CT molecular complexity index is 916. The Morgan fingerprint density at radius 3 is 2.47 bits per heavy atom. The van der Waals surface area contributed by atoms with E-state index < -0.39 is 0 Å². The highest BCUT2D eigenvalue weighted by Crippen LogP contribution is 2.31. The molecule has 0 aliphatic carbocycles. The van der Waals surface area contributed by atoms with Gasteiger partial charge in [0, 0.05) is 44.1 Å². The molecule has 6 nitrogen and oxygen atoms in total. The predicted octanol–water partition coefficient (Wildman–Crippen LogP) is 2.76. The standard InChI is InChI=1S/C24H29N5O/c25-10-11-27-24(30)23-9-1-2-14-29(23)22-8-4-6-20(18-22)19-5-3-7-21(17-19)28-15-12-26-13-16-28/h3-8,17-18,23,26H,1-2,9,11-16H2,(H,27,30). The van der Waals surface area contributed by atoms with Crippen LogP contribution in [-0.2, 0) is 4.79 Å². The van der Waals surface area contributed by atoms with Crippen molar-refractivity contribution >= 4 is 17.3 Å². The first-order valence-electron chi connectivity index (χ1n) is 10.8. The number of piperidine rings is 1. The summed E-state index contributed by atoms with van der Waals surface area (Å²) in [6.45, 7) is 5.00. The summed E-state index contributed by atoms with van der Waals surface area (Å²) in [6.07, 6.45) is 2.93. The number of nitrogens with zero attached hydrogens (tertiary/aromatic N) is 3. The molecule has 30 heavy (non-hydrogen) atoms. The normalized spacial score (nSPS) is 19.2. The van der Waals surface area contributed by atoms with Crippen molar-refractivity contribution in [3.05, 3.63) is 48.5 Å². The van der Waals surface area contributed by atoms with Crippen LogP contribution in [0.15, 0.2) is 48.5 Å². The van der Waals surface area contributed by atoms with Gasteiger partial charge in [0.1, 0.15) is 12.6 Å². The maximum atomic E-state index is 12.6. The number of benzene rings is 2. The third kappa shape index (κ3) is 4.58. The van der Waals surface area contributed by atoms with E-state index in [-0.39, 0.29) is 18.5 Å². The molecule has 2 N–H and O–H groups in total. The first kappa shape index (κ1) is 20.2. The fourth-order valence-corrected chi connectivity index (χ4v) is 4.43. The number of hydrogen-bond donors (Lipinski definition) is 2. The summed E-state index contributed by atoms with van der Waals surface area (Å²) in [5.41, 5.74) is 4.67. The van der Waals surface area contributed by atoms with Crippen LogP contribution in [0.1, 0.15) is 19.3 Å². The molecule has 2 aliphatic rings. The maximum absolute atomic E-state index is 12.6. The zero-order chi connectivity index (χ0) is 20.8. The van der Waals surface area contributed by atoms with E-state index in [9.17, 15) is 4.79 Å². The summed E-state index contributed by atoms with van der Waals surface area (Å²) in [4.78, 5) is 17.2. The van der Waals surface area contributed by atoms with E-state index in [4.69, 9.17) is 5.26 Å². The molecule has 2 saturated heterocycles. The van der Waals surface area contributed by atoms with Gasteiger partial charge in [-0.3, -0.25) is 4.79 Å². The Kier molecular flexibility index (Phi) is 6.50. The van der Waals surface area contributed by atoms with Gasteiger partial charge in [0.25, 0.3) is 0 Å². The number of carbonyl (C=O) groups is 1. The SMILES string of the molecule is N#CCNC(=O)C1CCCCN1c1cccc(-c2cccc(N3CCNCC3)c2)c1. The lowest BCUT2D eigenvalue weighted by atomic mass is 9.98. The molecule has 1 amide bonds. The summed E-state index contributed by atoms with van der Waals surface area (Å²) < 4.78 is 0. The monoisotopic (exact) mass is 403 g/mol. The minimum absolute atomic E-state index is 0.0534. The van der Waals surface area contributed by atoms with Crippen molar-refractivity contribution in [2.75, 3.05) is 49.1 Å². The molecule has 156 valence electrons. The topological polar surface area (TPSA) is 71.4 Å². The summed E-state index contributed by atoms with van der Waals surface area (Å²) in [6, 6.07) is 19.0. The third-order valence-corrected chi connectivity index (χ3v) is 5.99. The minimum atomic E-state index is -0.213. The summed E-state index contributed by atoms with van der Waals surface area (Å²) in [7, 11) is 0. The van der Waals surface area contributed by atoms with Gasteiger partial charge in [-0.25, -0.2) is 0 Å². The van der Waals surface area contributed by atoms with Crippen LogP contribution in [-0.4, -0.2) is 51.2 Å². The Labute approximate surface area is 178 Å². The molecule has 1 unspecified atom stereocenters. The zero-order valence-corrected chi connectivity index (χ0v) is 17.3. The van der Waals surface area contributed by atoms with Gasteiger partial charge < -0.3 is 20.4 Å². The fourth-order valence-electron chi connectivity index (χ4n) is 4.43. The van der Waals surface area contributed by atoms with Crippen LogP contribution in [0.3, 0.4) is 0 Å². The molecule has 0 saturated carbocycles. The number of anilines is 2. The Balaban J connectivity index is 1.57. The molecule has 2 aromatic carbocycles. The number of nitriles is 1. The first-order valence-corrected chi connectivity index (χ1v) is 10.8. The van der Waals surface area contributed by atoms with Gasteiger partial charge in [-0.2, -0.15) is 5.26 Å². The van der Waals surface area contributed by atoms with Crippen LogP contribution in [0, 0.1) is 11.3 Å². The number of amides is 1. The van der Waals surface area contributed by atoms with Crippen LogP contribution in [0.2, 0.25) is 0 Å². The lowest BCUT2D eigenvalue weighted by Crippen LogP contribution is -2.49. The van der Waals surface area contributed by atoms with E-state index >= 15 is 0 Å². The number of hydrogen-bond acceptors (Lipinski definition) is 5. The molecule has 0 bridgehead atoms. The van der Waals surface area contributed by atoms with E-state index in [1.807, 2.05) is 6.07 Å². The molecule has 1 atom stereocenters. The van der Waals surface area contributed by atoms with Crippen molar-refractivity contribution in [3.8, 4) is 17.2 Å². The average molecular weight is 404 g/mol. The summed E-state index contributed by atoms with van der Waals surface area (Å²) >= 11 is 0. The molecule has 2 aromatic rings. The minimum Gasteiger partial charge on any atom is -0.369 e. The average Bonchev–Trinajstić information content (AvgIpc) is 2.83. The van der Waals surface area contributed by atoms with Crippen molar-refractivity contribution < 1.29 is 4.79 Å². The van der Waals surface area contributed by atoms with E-state index in [1.54, 1.807) is 0 Å². The van der Waals surface area contributed by atoms with Crippen LogP contribution < -0.4 is 20.4 Å². The van der Waals surface area contributed by atoms with Gasteiger partial charge >= 0.3 is 0 Å².